The van der Waals surface area contributed by atoms with Crippen LogP contribution in [0.4, 0.5) is 4.79 Å². The zero-order valence-corrected chi connectivity index (χ0v) is 19.1. The van der Waals surface area contributed by atoms with Gasteiger partial charge in [-0.3, -0.25) is 9.69 Å². The van der Waals surface area contributed by atoms with E-state index in [9.17, 15) is 14.9 Å². The van der Waals surface area contributed by atoms with Crippen LogP contribution < -0.4 is 5.32 Å². The van der Waals surface area contributed by atoms with Crippen LogP contribution in [0.3, 0.4) is 0 Å². The van der Waals surface area contributed by atoms with E-state index in [0.29, 0.717) is 12.8 Å². The molecule has 1 N–H and O–H groups in total. The van der Waals surface area contributed by atoms with Crippen LogP contribution in [0.15, 0.2) is 12.2 Å². The first-order valence-corrected chi connectivity index (χ1v) is 10.3. The fourth-order valence-corrected chi connectivity index (χ4v) is 4.15. The van der Waals surface area contributed by atoms with Crippen molar-refractivity contribution in [2.24, 2.45) is 5.92 Å². The van der Waals surface area contributed by atoms with Crippen LogP contribution in [0.25, 0.3) is 0 Å². The van der Waals surface area contributed by atoms with E-state index in [1.54, 1.807) is 27.9 Å². The van der Waals surface area contributed by atoms with E-state index >= 15 is 0 Å². The molecule has 1 heterocycles. The predicted molar refractivity (Wildman–Crippen MR) is 112 cm³/mol. The maximum Gasteiger partial charge on any atom is 0.411 e. The standard InChI is InChI=1S/C22H37N3O4/c1-9-11-16-13-17(14-23)25(20(27)29-21(4,5)6)18(16)19(24-15(3)26)22(7,28-8)12-10-2/h9,11,16-19H,10,12-13H2,1-8H3,(H,24,26)/b11-9-/t16-,17-,18-,19-,22+/m1/s1. The van der Waals surface area contributed by atoms with E-state index in [0.717, 1.165) is 6.42 Å². The number of nitrogens with zero attached hydrogens (tertiary/aromatic N) is 2. The second kappa shape index (κ2) is 10.1. The predicted octanol–water partition coefficient (Wildman–Crippen LogP) is 3.79. The molecular weight excluding hydrogens is 370 g/mol. The molecule has 29 heavy (non-hydrogen) atoms. The second-order valence-corrected chi connectivity index (χ2v) is 8.89. The third-order valence-corrected chi connectivity index (χ3v) is 5.35. The molecule has 2 amide bonds. The fraction of sp³-hybridized carbons (Fsp3) is 0.773. The van der Waals surface area contributed by atoms with Gasteiger partial charge in [-0.25, -0.2) is 4.79 Å². The summed E-state index contributed by atoms with van der Waals surface area (Å²) in [4.78, 5) is 26.7. The van der Waals surface area contributed by atoms with Gasteiger partial charge >= 0.3 is 6.09 Å². The summed E-state index contributed by atoms with van der Waals surface area (Å²) in [5.74, 6) is -0.321. The van der Waals surface area contributed by atoms with Gasteiger partial charge in [-0.1, -0.05) is 25.5 Å². The molecule has 7 heteroatoms. The molecule has 0 bridgehead atoms. The average Bonchev–Trinajstić information content (AvgIpc) is 2.96. The topological polar surface area (TPSA) is 91.7 Å². The zero-order valence-electron chi connectivity index (χ0n) is 19.1. The van der Waals surface area contributed by atoms with Gasteiger partial charge in [-0.2, -0.15) is 5.26 Å². The molecule has 5 atom stereocenters. The third-order valence-electron chi connectivity index (χ3n) is 5.35. The van der Waals surface area contributed by atoms with Crippen LogP contribution in [0.2, 0.25) is 0 Å². The molecule has 0 unspecified atom stereocenters. The molecule has 1 saturated heterocycles. The molecule has 7 nitrogen and oxygen atoms in total. The van der Waals surface area contributed by atoms with Gasteiger partial charge in [0.2, 0.25) is 5.91 Å². The van der Waals surface area contributed by atoms with Gasteiger partial charge in [0.25, 0.3) is 0 Å². The maximum atomic E-state index is 13.1. The van der Waals surface area contributed by atoms with Gasteiger partial charge in [-0.15, -0.1) is 0 Å². The maximum absolute atomic E-state index is 13.1. The van der Waals surface area contributed by atoms with Gasteiger partial charge in [0.1, 0.15) is 11.6 Å². The Morgan fingerprint density at radius 3 is 2.38 bits per heavy atom. The second-order valence-electron chi connectivity index (χ2n) is 8.89. The van der Waals surface area contributed by atoms with E-state index in [4.69, 9.17) is 9.47 Å². The summed E-state index contributed by atoms with van der Waals surface area (Å²) in [5, 5.41) is 12.8. The highest BCUT2D eigenvalue weighted by atomic mass is 16.6. The van der Waals surface area contributed by atoms with E-state index in [-0.39, 0.29) is 11.8 Å². The normalized spacial score (nSPS) is 25.3. The van der Waals surface area contributed by atoms with Crippen molar-refractivity contribution >= 4 is 12.0 Å². The molecule has 1 aliphatic heterocycles. The van der Waals surface area contributed by atoms with Gasteiger partial charge in [-0.05, 0) is 47.5 Å². The van der Waals surface area contributed by atoms with Crippen molar-refractivity contribution in [3.8, 4) is 6.07 Å². The zero-order chi connectivity index (χ0) is 22.4. The van der Waals surface area contributed by atoms with Crippen molar-refractivity contribution in [2.45, 2.75) is 97.1 Å². The third kappa shape index (κ3) is 6.20. The van der Waals surface area contributed by atoms with E-state index < -0.39 is 35.4 Å². The van der Waals surface area contributed by atoms with Crippen molar-refractivity contribution in [3.05, 3.63) is 12.2 Å². The van der Waals surface area contributed by atoms with Crippen molar-refractivity contribution in [3.63, 3.8) is 0 Å². The molecule has 0 aliphatic carbocycles. The SMILES string of the molecule is C/C=C\[C@@H]1C[C@H](C#N)N(C(=O)OC(C)(C)C)[C@H]1[C@@H](NC(C)=O)[C@](C)(CCC)OC. The molecule has 0 spiro atoms. The lowest BCUT2D eigenvalue weighted by molar-refractivity contribution is -0.125. The minimum Gasteiger partial charge on any atom is -0.444 e. The minimum absolute atomic E-state index is 0.111. The molecule has 1 fully saturated rings. The Balaban J connectivity index is 3.55. The summed E-state index contributed by atoms with van der Waals surface area (Å²) in [6.45, 7) is 12.7. The quantitative estimate of drug-likeness (QED) is 0.648. The van der Waals surface area contributed by atoms with E-state index in [1.165, 1.54) is 11.8 Å². The number of carbonyl (C=O) groups is 2. The highest BCUT2D eigenvalue weighted by molar-refractivity contribution is 5.74. The summed E-state index contributed by atoms with van der Waals surface area (Å²) in [7, 11) is 1.61. The summed E-state index contributed by atoms with van der Waals surface area (Å²) in [6, 6.07) is 0.634. The van der Waals surface area contributed by atoms with Crippen LogP contribution in [-0.2, 0) is 14.3 Å². The van der Waals surface area contributed by atoms with Gasteiger partial charge in [0.15, 0.2) is 0 Å². The molecule has 0 aromatic heterocycles. The first kappa shape index (κ1) is 25.0. The Morgan fingerprint density at radius 1 is 1.34 bits per heavy atom. The molecule has 164 valence electrons. The van der Waals surface area contributed by atoms with Crippen LogP contribution in [0, 0.1) is 17.2 Å². The number of carbonyl (C=O) groups excluding carboxylic acids is 2. The monoisotopic (exact) mass is 407 g/mol. The number of hydrogen-bond donors (Lipinski definition) is 1. The highest BCUT2D eigenvalue weighted by Gasteiger charge is 2.53. The van der Waals surface area contributed by atoms with Crippen LogP contribution >= 0.6 is 0 Å². The number of likely N-dealkylation sites (tertiary alicyclic amines) is 1. The molecule has 0 saturated carbocycles. The highest BCUT2D eigenvalue weighted by Crippen LogP contribution is 2.39. The first-order valence-electron chi connectivity index (χ1n) is 10.3. The fourth-order valence-electron chi connectivity index (χ4n) is 4.15. The molecule has 0 aromatic rings. The van der Waals surface area contributed by atoms with Crippen molar-refractivity contribution < 1.29 is 19.1 Å². The number of nitriles is 1. The Bertz CT molecular complexity index is 649. The summed E-state index contributed by atoms with van der Waals surface area (Å²) < 4.78 is 11.5. The van der Waals surface area contributed by atoms with E-state index in [1.807, 2.05) is 32.9 Å². The Kier molecular flexibility index (Phi) is 8.70. The van der Waals surface area contributed by atoms with Gasteiger partial charge < -0.3 is 14.8 Å². The molecular formula is C22H37N3O4. The lowest BCUT2D eigenvalue weighted by atomic mass is 9.81. The smallest absolute Gasteiger partial charge is 0.411 e. The Labute approximate surface area is 175 Å². The molecule has 0 radical (unpaired) electrons. The number of nitrogens with one attached hydrogen (secondary N) is 1. The van der Waals surface area contributed by atoms with Crippen LogP contribution in [-0.4, -0.2) is 53.3 Å². The lowest BCUT2D eigenvalue weighted by Gasteiger charge is -2.44. The summed E-state index contributed by atoms with van der Waals surface area (Å²) >= 11 is 0. The van der Waals surface area contributed by atoms with Gasteiger partial charge in [0.05, 0.1) is 23.8 Å². The number of ether oxygens (including phenoxy) is 2. The number of methoxy groups -OCH3 is 1. The Hall–Kier alpha value is -2.07. The van der Waals surface area contributed by atoms with Crippen molar-refractivity contribution in [1.82, 2.24) is 10.2 Å². The first-order chi connectivity index (χ1) is 13.4. The summed E-state index contributed by atoms with van der Waals surface area (Å²) in [5.41, 5.74) is -1.41. The number of hydrogen-bond acceptors (Lipinski definition) is 5. The minimum atomic E-state index is -0.713. The van der Waals surface area contributed by atoms with Gasteiger partial charge in [0, 0.05) is 20.0 Å². The number of amides is 2. The average molecular weight is 408 g/mol. The summed E-state index contributed by atoms with van der Waals surface area (Å²) in [6.07, 6.45) is 5.37. The van der Waals surface area contributed by atoms with Crippen molar-refractivity contribution in [2.75, 3.05) is 7.11 Å². The largest absolute Gasteiger partial charge is 0.444 e. The number of rotatable bonds is 7. The lowest BCUT2D eigenvalue weighted by Crippen LogP contribution is -2.63. The Morgan fingerprint density at radius 2 is 1.97 bits per heavy atom. The van der Waals surface area contributed by atoms with Crippen LogP contribution in [0.1, 0.15) is 67.7 Å². The van der Waals surface area contributed by atoms with Crippen LogP contribution in [0.5, 0.6) is 0 Å². The molecule has 1 aliphatic rings. The number of allylic oxidation sites excluding steroid dienone is 1. The van der Waals surface area contributed by atoms with Crippen molar-refractivity contribution in [1.29, 1.82) is 5.26 Å². The molecule has 1 rings (SSSR count). The van der Waals surface area contributed by atoms with E-state index in [2.05, 4.69) is 11.4 Å². The molecule has 0 aromatic carbocycles.